The number of carbonyl (C=O) groups is 1. The van der Waals surface area contributed by atoms with Gasteiger partial charge >= 0.3 is 12.2 Å². The largest absolute Gasteiger partial charge is 0.417 e. The summed E-state index contributed by atoms with van der Waals surface area (Å²) in [5.74, 6) is 0.302. The maximum Gasteiger partial charge on any atom is 0.416 e. The average molecular weight is 586 g/mol. The number of rotatable bonds is 8. The predicted molar refractivity (Wildman–Crippen MR) is 157 cm³/mol. The van der Waals surface area contributed by atoms with E-state index < -0.39 is 26.1 Å². The number of aromatic nitrogens is 4. The molecule has 2 aromatic carbocycles. The Bertz CT molecular complexity index is 1530. The van der Waals surface area contributed by atoms with Crippen molar-refractivity contribution < 1.29 is 22.4 Å². The quantitative estimate of drug-likeness (QED) is 0.149. The Labute approximate surface area is 237 Å². The first-order valence-corrected chi connectivity index (χ1v) is 16.0. The summed E-state index contributed by atoms with van der Waals surface area (Å²) >= 11 is 0. The molecule has 0 saturated carbocycles. The van der Waals surface area contributed by atoms with Crippen molar-refractivity contribution in [3.63, 3.8) is 0 Å². The van der Waals surface area contributed by atoms with Crippen LogP contribution in [0.4, 0.5) is 35.2 Å². The lowest BCUT2D eigenvalue weighted by molar-refractivity contribution is -0.137. The molecule has 0 atom stereocenters. The van der Waals surface area contributed by atoms with Crippen LogP contribution in [-0.4, -0.2) is 40.7 Å². The van der Waals surface area contributed by atoms with E-state index in [9.17, 15) is 18.0 Å². The van der Waals surface area contributed by atoms with Crippen LogP contribution in [0.5, 0.6) is 0 Å². The number of urea groups is 1. The molecule has 9 nitrogen and oxygen atoms in total. The van der Waals surface area contributed by atoms with Crippen LogP contribution in [0.1, 0.15) is 32.8 Å². The number of nitrogens with zero attached hydrogens (tertiary/aromatic N) is 4. The maximum atomic E-state index is 13.0. The number of alkyl halides is 3. The second-order valence-corrected chi connectivity index (χ2v) is 16.0. The molecular weight excluding hydrogens is 551 g/mol. The number of nitrogens with one attached hydrogen (secondary N) is 2. The lowest BCUT2D eigenvalue weighted by Gasteiger charge is -2.36. The predicted octanol–water partition coefficient (Wildman–Crippen LogP) is 7.15. The highest BCUT2D eigenvalue weighted by molar-refractivity contribution is 6.74. The first-order valence-electron chi connectivity index (χ1n) is 13.1. The van der Waals surface area contributed by atoms with E-state index in [1.165, 1.54) is 18.5 Å². The van der Waals surface area contributed by atoms with Crippen LogP contribution in [0.2, 0.25) is 18.1 Å². The molecule has 4 aromatic rings. The van der Waals surface area contributed by atoms with Gasteiger partial charge in [-0.15, -0.1) is 0 Å². The zero-order valence-electron chi connectivity index (χ0n) is 23.6. The van der Waals surface area contributed by atoms with Gasteiger partial charge in [0.25, 0.3) is 0 Å². The maximum absolute atomic E-state index is 13.0. The zero-order chi connectivity index (χ0) is 30.0. The lowest BCUT2D eigenvalue weighted by Crippen LogP contribution is -2.41. The minimum Gasteiger partial charge on any atom is -0.417 e. The number of benzene rings is 2. The van der Waals surface area contributed by atoms with Gasteiger partial charge in [-0.05, 0) is 54.9 Å². The van der Waals surface area contributed by atoms with E-state index in [1.54, 1.807) is 28.9 Å². The summed E-state index contributed by atoms with van der Waals surface area (Å²) in [6, 6.07) is 10.6. The number of anilines is 3. The first-order chi connectivity index (χ1) is 19.2. The summed E-state index contributed by atoms with van der Waals surface area (Å²) in [5.41, 5.74) is 7.78. The fourth-order valence-electron chi connectivity index (χ4n) is 3.92. The molecule has 2 aromatic heterocycles. The van der Waals surface area contributed by atoms with Crippen molar-refractivity contribution in [2.24, 2.45) is 0 Å². The highest BCUT2D eigenvalue weighted by atomic mass is 28.4. The molecule has 4 N–H and O–H groups in total. The second kappa shape index (κ2) is 11.5. The van der Waals surface area contributed by atoms with E-state index in [2.05, 4.69) is 54.5 Å². The number of nitrogens with two attached hydrogens (primary N) is 1. The molecule has 41 heavy (non-hydrogen) atoms. The van der Waals surface area contributed by atoms with Crippen molar-refractivity contribution in [3.8, 4) is 11.3 Å². The third-order valence-electron chi connectivity index (χ3n) is 7.21. The van der Waals surface area contributed by atoms with Gasteiger partial charge in [-0.1, -0.05) is 39.0 Å². The van der Waals surface area contributed by atoms with Crippen molar-refractivity contribution in [1.29, 1.82) is 0 Å². The molecule has 2 amide bonds. The molecule has 0 radical (unpaired) electrons. The summed E-state index contributed by atoms with van der Waals surface area (Å²) in [4.78, 5) is 21.0. The number of halogens is 3. The minimum atomic E-state index is -4.51. The van der Waals surface area contributed by atoms with Crippen LogP contribution in [0.15, 0.2) is 54.9 Å². The molecule has 0 aliphatic rings. The van der Waals surface area contributed by atoms with Crippen LogP contribution in [0.3, 0.4) is 0 Å². The summed E-state index contributed by atoms with van der Waals surface area (Å²) in [6.45, 7) is 12.2. The highest BCUT2D eigenvalue weighted by Gasteiger charge is 2.36. The smallest absolute Gasteiger partial charge is 0.416 e. The SMILES string of the molecule is CC(C)(C)[Si](C)(C)OCCCn1nc(-c2ccc(NC(=O)Nc3cccc(C(F)(F)F)c3)cc2)c2c(N)ncnc21. The van der Waals surface area contributed by atoms with Gasteiger partial charge in [-0.3, -0.25) is 0 Å². The Morgan fingerprint density at radius 1 is 1.02 bits per heavy atom. The third kappa shape index (κ3) is 7.03. The van der Waals surface area contributed by atoms with E-state index >= 15 is 0 Å². The number of hydrogen-bond donors (Lipinski definition) is 3. The second-order valence-electron chi connectivity index (χ2n) is 11.2. The molecule has 0 spiro atoms. The van der Waals surface area contributed by atoms with Crippen LogP contribution >= 0.6 is 0 Å². The van der Waals surface area contributed by atoms with Crippen molar-refractivity contribution in [1.82, 2.24) is 19.7 Å². The molecule has 13 heteroatoms. The van der Waals surface area contributed by atoms with E-state index in [-0.39, 0.29) is 10.7 Å². The number of nitrogen functional groups attached to an aromatic ring is 1. The van der Waals surface area contributed by atoms with Crippen molar-refractivity contribution >= 4 is 42.6 Å². The monoisotopic (exact) mass is 585 g/mol. The molecular formula is C28H34F3N7O2Si. The normalized spacial score (nSPS) is 12.5. The number of carbonyl (C=O) groups excluding carboxylic acids is 1. The van der Waals surface area contributed by atoms with Crippen molar-refractivity contribution in [2.45, 2.75) is 58.0 Å². The van der Waals surface area contributed by atoms with E-state index in [0.29, 0.717) is 41.4 Å². The number of hydrogen-bond acceptors (Lipinski definition) is 6. The Morgan fingerprint density at radius 3 is 2.37 bits per heavy atom. The van der Waals surface area contributed by atoms with Crippen LogP contribution in [0, 0.1) is 0 Å². The summed E-state index contributed by atoms with van der Waals surface area (Å²) in [5, 5.41) is 10.6. The molecule has 0 fully saturated rings. The van der Waals surface area contributed by atoms with Gasteiger partial charge in [0.15, 0.2) is 14.0 Å². The number of amides is 2. The molecule has 218 valence electrons. The summed E-state index contributed by atoms with van der Waals surface area (Å²) in [6.07, 6.45) is -2.35. The van der Waals surface area contributed by atoms with Crippen molar-refractivity contribution in [2.75, 3.05) is 23.0 Å². The number of fused-ring (bicyclic) bond motifs is 1. The fourth-order valence-corrected chi connectivity index (χ4v) is 5.01. The average Bonchev–Trinajstić information content (AvgIpc) is 3.26. The van der Waals surface area contributed by atoms with Gasteiger partial charge in [-0.25, -0.2) is 19.4 Å². The number of aryl methyl sites for hydroxylation is 1. The van der Waals surface area contributed by atoms with E-state index in [0.717, 1.165) is 24.1 Å². The highest BCUT2D eigenvalue weighted by Crippen LogP contribution is 2.37. The van der Waals surface area contributed by atoms with Gasteiger partial charge < -0.3 is 20.8 Å². The van der Waals surface area contributed by atoms with Gasteiger partial charge in [0.1, 0.15) is 17.8 Å². The van der Waals surface area contributed by atoms with E-state index in [4.69, 9.17) is 15.3 Å². The van der Waals surface area contributed by atoms with Gasteiger partial charge in [0.05, 0.1) is 10.9 Å². The van der Waals surface area contributed by atoms with Gasteiger partial charge in [0, 0.05) is 30.1 Å². The van der Waals surface area contributed by atoms with Crippen LogP contribution in [-0.2, 0) is 17.1 Å². The Hall–Kier alpha value is -3.97. The standard InChI is InChI=1S/C28H34F3N7O2Si/c1-27(2,3)41(4,5)40-15-7-14-38-25-22(24(32)33-17-34-25)23(37-38)18-10-12-20(13-11-18)35-26(39)36-21-9-6-8-19(16-21)28(29,30)31/h6,8-13,16-17H,7,14-15H2,1-5H3,(H2,32,33,34)(H2,35,36,39). The topological polar surface area (TPSA) is 120 Å². The molecule has 4 rings (SSSR count). The van der Waals surface area contributed by atoms with Crippen LogP contribution < -0.4 is 16.4 Å². The van der Waals surface area contributed by atoms with E-state index in [1.807, 2.05) is 0 Å². The Balaban J connectivity index is 1.46. The Kier molecular flexibility index (Phi) is 8.41. The molecule has 0 unspecified atom stereocenters. The third-order valence-corrected chi connectivity index (χ3v) is 11.7. The minimum absolute atomic E-state index is 0.0242. The molecule has 0 bridgehead atoms. The first kappa shape index (κ1) is 30.0. The summed E-state index contributed by atoms with van der Waals surface area (Å²) in [7, 11) is -1.86. The lowest BCUT2D eigenvalue weighted by atomic mass is 10.1. The van der Waals surface area contributed by atoms with Crippen molar-refractivity contribution in [3.05, 3.63) is 60.4 Å². The zero-order valence-corrected chi connectivity index (χ0v) is 24.6. The molecule has 2 heterocycles. The molecule has 0 aliphatic heterocycles. The molecule has 0 aliphatic carbocycles. The van der Waals surface area contributed by atoms with Crippen LogP contribution in [0.25, 0.3) is 22.3 Å². The summed E-state index contributed by atoms with van der Waals surface area (Å²) < 4.78 is 47.0. The fraction of sp³-hybridized carbons (Fsp3) is 0.357. The Morgan fingerprint density at radius 2 is 1.71 bits per heavy atom. The van der Waals surface area contributed by atoms with Gasteiger partial charge in [-0.2, -0.15) is 18.3 Å². The van der Waals surface area contributed by atoms with Gasteiger partial charge in [0.2, 0.25) is 0 Å². The molecule has 0 saturated heterocycles.